The summed E-state index contributed by atoms with van der Waals surface area (Å²) in [4.78, 5) is 4.27. The number of pyridine rings is 1. The fourth-order valence-corrected chi connectivity index (χ4v) is 3.88. The Morgan fingerprint density at radius 1 is 0.879 bits per heavy atom. The molecule has 33 heavy (non-hydrogen) atoms. The highest BCUT2D eigenvalue weighted by Crippen LogP contribution is 2.19. The lowest BCUT2D eigenvalue weighted by molar-refractivity contribution is 0.409. The molecule has 0 saturated carbocycles. The Morgan fingerprint density at radius 2 is 1.64 bits per heavy atom. The molecule has 168 valence electrons. The van der Waals surface area contributed by atoms with Crippen molar-refractivity contribution in [2.75, 3.05) is 20.2 Å². The van der Waals surface area contributed by atoms with Crippen molar-refractivity contribution in [1.29, 1.82) is 10.5 Å². The van der Waals surface area contributed by atoms with Crippen molar-refractivity contribution < 1.29 is 4.74 Å². The molecular formula is C28H30N4O. The maximum absolute atomic E-state index is 8.75. The standard InChI is InChI=1S/C18H20N2O.C10H10N2/c1-21-18-5-3-2-4-17(18)11-13-20-12-10-15-6-8-16(14-19)9-7-15;11-7-9-6-5-8-3-1-2-4-10(8)12-9/h2-9,20H,10-13H2,1H3;5-6H,1-4H2. The van der Waals surface area contributed by atoms with Crippen molar-refractivity contribution in [2.24, 2.45) is 0 Å². The molecule has 0 spiro atoms. The van der Waals surface area contributed by atoms with E-state index in [1.54, 1.807) is 7.11 Å². The average molecular weight is 439 g/mol. The molecule has 0 fully saturated rings. The summed E-state index contributed by atoms with van der Waals surface area (Å²) >= 11 is 0. The van der Waals surface area contributed by atoms with Crippen LogP contribution in [0.25, 0.3) is 0 Å². The molecule has 0 bridgehead atoms. The first-order valence-corrected chi connectivity index (χ1v) is 11.4. The second-order valence-corrected chi connectivity index (χ2v) is 7.99. The largest absolute Gasteiger partial charge is 0.496 e. The predicted molar refractivity (Wildman–Crippen MR) is 130 cm³/mol. The third-order valence-electron chi connectivity index (χ3n) is 5.73. The first-order chi connectivity index (χ1) is 16.2. The normalized spacial score (nSPS) is 11.8. The minimum Gasteiger partial charge on any atom is -0.496 e. The lowest BCUT2D eigenvalue weighted by atomic mass is 9.96. The number of benzene rings is 2. The molecule has 5 nitrogen and oxygen atoms in total. The Hall–Kier alpha value is -3.67. The van der Waals surface area contributed by atoms with E-state index in [9.17, 15) is 0 Å². The number of nitriles is 2. The predicted octanol–water partition coefficient (Wildman–Crippen LogP) is 4.77. The molecule has 4 rings (SSSR count). The molecular weight excluding hydrogens is 408 g/mol. The summed E-state index contributed by atoms with van der Waals surface area (Å²) in [7, 11) is 1.71. The zero-order valence-corrected chi connectivity index (χ0v) is 19.2. The van der Waals surface area contributed by atoms with Gasteiger partial charge in [-0.2, -0.15) is 10.5 Å². The molecule has 0 atom stereocenters. The van der Waals surface area contributed by atoms with Gasteiger partial charge in [0.05, 0.1) is 18.7 Å². The van der Waals surface area contributed by atoms with Gasteiger partial charge in [0, 0.05) is 5.69 Å². The molecule has 1 aliphatic carbocycles. The molecule has 2 aromatic carbocycles. The van der Waals surface area contributed by atoms with Crippen LogP contribution in [-0.2, 0) is 25.7 Å². The van der Waals surface area contributed by atoms with Gasteiger partial charge in [-0.05, 0) is 92.6 Å². The minimum atomic E-state index is 0.552. The topological polar surface area (TPSA) is 81.7 Å². The van der Waals surface area contributed by atoms with Crippen LogP contribution < -0.4 is 10.1 Å². The highest BCUT2D eigenvalue weighted by molar-refractivity contribution is 5.34. The second kappa shape index (κ2) is 13.0. The Morgan fingerprint density at radius 3 is 2.39 bits per heavy atom. The average Bonchev–Trinajstić information content (AvgIpc) is 2.89. The summed E-state index contributed by atoms with van der Waals surface area (Å²) in [5, 5.41) is 20.8. The van der Waals surface area contributed by atoms with Gasteiger partial charge in [0.2, 0.25) is 0 Å². The van der Waals surface area contributed by atoms with Crippen LogP contribution in [0.2, 0.25) is 0 Å². The van der Waals surface area contributed by atoms with E-state index >= 15 is 0 Å². The molecule has 1 heterocycles. The number of fused-ring (bicyclic) bond motifs is 1. The van der Waals surface area contributed by atoms with Gasteiger partial charge in [-0.15, -0.1) is 0 Å². The highest BCUT2D eigenvalue weighted by atomic mass is 16.5. The molecule has 1 aromatic heterocycles. The fourth-order valence-electron chi connectivity index (χ4n) is 3.88. The molecule has 0 radical (unpaired) electrons. The van der Waals surface area contributed by atoms with E-state index < -0.39 is 0 Å². The monoisotopic (exact) mass is 438 g/mol. The van der Waals surface area contributed by atoms with E-state index in [-0.39, 0.29) is 0 Å². The van der Waals surface area contributed by atoms with Crippen LogP contribution in [0.15, 0.2) is 60.7 Å². The van der Waals surface area contributed by atoms with Crippen molar-refractivity contribution in [3.63, 3.8) is 0 Å². The van der Waals surface area contributed by atoms with Gasteiger partial charge < -0.3 is 10.1 Å². The molecule has 1 aliphatic rings. The van der Waals surface area contributed by atoms with E-state index in [1.807, 2.05) is 54.6 Å². The van der Waals surface area contributed by atoms with Gasteiger partial charge in [-0.1, -0.05) is 36.4 Å². The molecule has 0 saturated heterocycles. The number of aromatic nitrogens is 1. The number of nitrogens with one attached hydrogen (secondary N) is 1. The Balaban J connectivity index is 0.000000215. The number of para-hydroxylation sites is 1. The number of hydrogen-bond donors (Lipinski definition) is 1. The van der Waals surface area contributed by atoms with Crippen LogP contribution in [-0.4, -0.2) is 25.2 Å². The molecule has 1 N–H and O–H groups in total. The van der Waals surface area contributed by atoms with Crippen LogP contribution in [0, 0.1) is 22.7 Å². The first-order valence-electron chi connectivity index (χ1n) is 11.4. The molecule has 3 aromatic rings. The molecule has 0 unspecified atom stereocenters. The molecule has 5 heteroatoms. The third-order valence-corrected chi connectivity index (χ3v) is 5.73. The first kappa shape index (κ1) is 24.0. The smallest absolute Gasteiger partial charge is 0.140 e. The van der Waals surface area contributed by atoms with Gasteiger partial charge in [-0.3, -0.25) is 0 Å². The van der Waals surface area contributed by atoms with E-state index in [0.717, 1.165) is 50.2 Å². The Bertz CT molecular complexity index is 1110. The molecule has 0 aliphatic heterocycles. The van der Waals surface area contributed by atoms with E-state index in [2.05, 4.69) is 28.5 Å². The van der Waals surface area contributed by atoms with E-state index in [4.69, 9.17) is 15.3 Å². The van der Waals surface area contributed by atoms with E-state index in [0.29, 0.717) is 11.3 Å². The Labute approximate surface area is 196 Å². The van der Waals surface area contributed by atoms with Gasteiger partial charge in [-0.25, -0.2) is 4.98 Å². The van der Waals surface area contributed by atoms with Crippen LogP contribution in [0.5, 0.6) is 5.75 Å². The number of nitrogens with zero attached hydrogens (tertiary/aromatic N) is 3. The minimum absolute atomic E-state index is 0.552. The van der Waals surface area contributed by atoms with Crippen LogP contribution >= 0.6 is 0 Å². The number of hydrogen-bond acceptors (Lipinski definition) is 5. The van der Waals surface area contributed by atoms with Crippen molar-refractivity contribution in [1.82, 2.24) is 10.3 Å². The van der Waals surface area contributed by atoms with Crippen molar-refractivity contribution in [2.45, 2.75) is 38.5 Å². The zero-order valence-electron chi connectivity index (χ0n) is 19.2. The maximum Gasteiger partial charge on any atom is 0.140 e. The zero-order chi connectivity index (χ0) is 23.3. The highest BCUT2D eigenvalue weighted by Gasteiger charge is 2.10. The number of aryl methyl sites for hydroxylation is 2. The van der Waals surface area contributed by atoms with E-state index in [1.165, 1.54) is 29.5 Å². The fraction of sp³-hybridized carbons (Fsp3) is 0.321. The van der Waals surface area contributed by atoms with Crippen LogP contribution in [0.1, 0.15) is 46.5 Å². The quantitative estimate of drug-likeness (QED) is 0.537. The third kappa shape index (κ3) is 7.45. The summed E-state index contributed by atoms with van der Waals surface area (Å²) in [6.07, 6.45) is 6.59. The number of methoxy groups -OCH3 is 1. The van der Waals surface area contributed by atoms with Gasteiger partial charge in [0.25, 0.3) is 0 Å². The summed E-state index contributed by atoms with van der Waals surface area (Å²) in [6.45, 7) is 1.86. The van der Waals surface area contributed by atoms with Gasteiger partial charge >= 0.3 is 0 Å². The summed E-state index contributed by atoms with van der Waals surface area (Å²) < 4.78 is 5.34. The van der Waals surface area contributed by atoms with Crippen molar-refractivity contribution in [3.8, 4) is 17.9 Å². The SMILES string of the molecule is COc1ccccc1CCNCCc1ccc(C#N)cc1.N#Cc1ccc2c(n1)CCCC2. The second-order valence-electron chi connectivity index (χ2n) is 7.99. The summed E-state index contributed by atoms with van der Waals surface area (Å²) in [5.74, 6) is 0.950. The lowest BCUT2D eigenvalue weighted by Gasteiger charge is -2.13. The summed E-state index contributed by atoms with van der Waals surface area (Å²) in [5.41, 5.74) is 6.21. The Kier molecular flexibility index (Phi) is 9.45. The van der Waals surface area contributed by atoms with Crippen molar-refractivity contribution >= 4 is 0 Å². The summed E-state index contributed by atoms with van der Waals surface area (Å²) in [6, 6.07) is 23.9. The van der Waals surface area contributed by atoms with Crippen molar-refractivity contribution in [3.05, 3.63) is 94.3 Å². The maximum atomic E-state index is 8.75. The van der Waals surface area contributed by atoms with Crippen LogP contribution in [0.4, 0.5) is 0 Å². The van der Waals surface area contributed by atoms with Gasteiger partial charge in [0.1, 0.15) is 17.5 Å². The van der Waals surface area contributed by atoms with Crippen LogP contribution in [0.3, 0.4) is 0 Å². The molecule has 0 amide bonds. The van der Waals surface area contributed by atoms with Gasteiger partial charge in [0.15, 0.2) is 0 Å². The number of rotatable bonds is 7. The lowest BCUT2D eigenvalue weighted by Crippen LogP contribution is -2.20. The number of ether oxygens (including phenoxy) is 1.